The Hall–Kier alpha value is -2.30. The lowest BCUT2D eigenvalue weighted by Crippen LogP contribution is -2.33. The topological polar surface area (TPSA) is 114 Å². The van der Waals surface area contributed by atoms with Crippen molar-refractivity contribution in [2.45, 2.75) is 29.6 Å². The van der Waals surface area contributed by atoms with E-state index in [2.05, 4.69) is 21.1 Å². The zero-order valence-electron chi connectivity index (χ0n) is 14.9. The van der Waals surface area contributed by atoms with Crippen molar-refractivity contribution in [3.8, 4) is 0 Å². The average Bonchev–Trinajstić information content (AvgIpc) is 3.28. The number of aromatic nitrogens is 4. The third kappa shape index (κ3) is 3.67. The van der Waals surface area contributed by atoms with Crippen molar-refractivity contribution in [2.24, 2.45) is 0 Å². The van der Waals surface area contributed by atoms with E-state index < -0.39 is 31.1 Å². The number of nitrogens with zero attached hydrogens (tertiary/aromatic N) is 4. The van der Waals surface area contributed by atoms with Crippen LogP contribution in [0.4, 0.5) is 0 Å². The van der Waals surface area contributed by atoms with E-state index in [-0.39, 0.29) is 0 Å². The third-order valence-corrected chi connectivity index (χ3v) is 5.50. The van der Waals surface area contributed by atoms with Gasteiger partial charge < -0.3 is 20.1 Å². The molecule has 1 aromatic carbocycles. The molecular formula is C19H20N4O4S. The predicted octanol–water partition coefficient (Wildman–Crippen LogP) is 1.24. The molecule has 1 fully saturated rings. The number of hydrogen-bond donors (Lipinski definition) is 3. The number of aliphatic hydroxyl groups excluding tert-OH is 3. The highest BCUT2D eigenvalue weighted by atomic mass is 32.2. The number of rotatable bonds is 6. The molecule has 0 bridgehead atoms. The van der Waals surface area contributed by atoms with Gasteiger partial charge >= 0.3 is 0 Å². The maximum atomic E-state index is 10.2. The molecule has 3 aromatic rings. The molecule has 0 radical (unpaired) electrons. The van der Waals surface area contributed by atoms with Gasteiger partial charge in [-0.15, -0.1) is 11.8 Å². The van der Waals surface area contributed by atoms with Gasteiger partial charge in [0.25, 0.3) is 0 Å². The van der Waals surface area contributed by atoms with Gasteiger partial charge in [0.2, 0.25) is 0 Å². The Kier molecular flexibility index (Phi) is 5.69. The fraction of sp³-hybridized carbons (Fsp3) is 0.316. The first-order valence-electron chi connectivity index (χ1n) is 8.84. The fourth-order valence-corrected chi connectivity index (χ4v) is 3.87. The van der Waals surface area contributed by atoms with Gasteiger partial charge in [0, 0.05) is 5.75 Å². The third-order valence-electron chi connectivity index (χ3n) is 4.54. The summed E-state index contributed by atoms with van der Waals surface area (Å²) < 4.78 is 6.97. The van der Waals surface area contributed by atoms with E-state index in [9.17, 15) is 15.3 Å². The van der Waals surface area contributed by atoms with Crippen molar-refractivity contribution in [1.29, 1.82) is 0 Å². The van der Waals surface area contributed by atoms with Gasteiger partial charge in [0.05, 0.1) is 18.2 Å². The highest BCUT2D eigenvalue weighted by molar-refractivity contribution is 7.99. The van der Waals surface area contributed by atoms with E-state index in [1.165, 1.54) is 11.0 Å². The first-order chi connectivity index (χ1) is 13.7. The molecule has 4 rings (SSSR count). The summed E-state index contributed by atoms with van der Waals surface area (Å²) >= 11 is 1.55. The second kappa shape index (κ2) is 8.38. The Morgan fingerprint density at radius 3 is 2.71 bits per heavy atom. The monoisotopic (exact) mass is 400 g/mol. The van der Waals surface area contributed by atoms with Crippen LogP contribution in [-0.4, -0.2) is 65.7 Å². The Labute approximate surface area is 165 Å². The highest BCUT2D eigenvalue weighted by Gasteiger charge is 2.44. The molecule has 1 saturated heterocycles. The molecular weight excluding hydrogens is 380 g/mol. The van der Waals surface area contributed by atoms with Gasteiger partial charge in [-0.1, -0.05) is 42.5 Å². The summed E-state index contributed by atoms with van der Waals surface area (Å²) in [6, 6.07) is 10.0. The SMILES string of the molecule is OC[C@H]1O[C@@H](n2ncc3c(SC/C=C/c4ccccc4)ncnc32)[C@H](O)[C@@H]1O. The molecule has 4 atom stereocenters. The van der Waals surface area contributed by atoms with Crippen LogP contribution in [-0.2, 0) is 4.74 Å². The summed E-state index contributed by atoms with van der Waals surface area (Å²) in [7, 11) is 0. The molecule has 3 heterocycles. The first-order valence-corrected chi connectivity index (χ1v) is 9.82. The smallest absolute Gasteiger partial charge is 0.181 e. The molecule has 1 aliphatic heterocycles. The van der Waals surface area contributed by atoms with E-state index >= 15 is 0 Å². The van der Waals surface area contributed by atoms with Crippen LogP contribution in [0.5, 0.6) is 0 Å². The van der Waals surface area contributed by atoms with E-state index in [0.29, 0.717) is 5.65 Å². The standard InChI is InChI=1S/C19H20N4O4S/c24-10-14-15(25)16(26)19(27-14)23-17-13(9-22-23)18(21-11-20-17)28-8-4-7-12-5-2-1-3-6-12/h1-7,9,11,14-16,19,24-26H,8,10H2/b7-4+/t14-,15-,16-,19-/m1/s1. The van der Waals surface area contributed by atoms with Crippen LogP contribution in [0.25, 0.3) is 17.1 Å². The first kappa shape index (κ1) is 19.0. The van der Waals surface area contributed by atoms with Crippen LogP contribution in [0.15, 0.2) is 54.0 Å². The van der Waals surface area contributed by atoms with Gasteiger partial charge in [0.15, 0.2) is 11.9 Å². The predicted molar refractivity (Wildman–Crippen MR) is 105 cm³/mol. The second-order valence-electron chi connectivity index (χ2n) is 6.36. The molecule has 146 valence electrons. The van der Waals surface area contributed by atoms with E-state index in [0.717, 1.165) is 21.7 Å². The van der Waals surface area contributed by atoms with Crippen molar-refractivity contribution >= 4 is 28.9 Å². The van der Waals surface area contributed by atoms with Crippen LogP contribution in [0.2, 0.25) is 0 Å². The lowest BCUT2D eigenvalue weighted by atomic mass is 10.1. The van der Waals surface area contributed by atoms with Crippen LogP contribution >= 0.6 is 11.8 Å². The van der Waals surface area contributed by atoms with Crippen molar-refractivity contribution in [3.05, 3.63) is 54.5 Å². The van der Waals surface area contributed by atoms with Crippen molar-refractivity contribution < 1.29 is 20.1 Å². The number of hydrogen-bond acceptors (Lipinski definition) is 8. The molecule has 0 saturated carbocycles. The Balaban J connectivity index is 1.52. The number of benzene rings is 1. The second-order valence-corrected chi connectivity index (χ2v) is 7.37. The summed E-state index contributed by atoms with van der Waals surface area (Å²) in [6.07, 6.45) is 2.98. The molecule has 3 N–H and O–H groups in total. The largest absolute Gasteiger partial charge is 0.394 e. The normalized spacial score (nSPS) is 25.1. The summed E-state index contributed by atoms with van der Waals surface area (Å²) in [4.78, 5) is 8.58. The van der Waals surface area contributed by atoms with Crippen molar-refractivity contribution in [2.75, 3.05) is 12.4 Å². The summed E-state index contributed by atoms with van der Waals surface area (Å²) in [5.41, 5.74) is 1.63. The van der Waals surface area contributed by atoms with E-state index in [1.807, 2.05) is 36.4 Å². The molecule has 0 amide bonds. The lowest BCUT2D eigenvalue weighted by Gasteiger charge is -2.15. The minimum absolute atomic E-state index is 0.391. The Bertz CT molecular complexity index is 965. The molecule has 0 aliphatic carbocycles. The van der Waals surface area contributed by atoms with Gasteiger partial charge in [-0.05, 0) is 5.56 Å². The molecule has 0 spiro atoms. The van der Waals surface area contributed by atoms with Crippen LogP contribution in [0, 0.1) is 0 Å². The molecule has 9 heteroatoms. The highest BCUT2D eigenvalue weighted by Crippen LogP contribution is 2.32. The minimum Gasteiger partial charge on any atom is -0.394 e. The molecule has 28 heavy (non-hydrogen) atoms. The summed E-state index contributed by atoms with van der Waals surface area (Å²) in [5, 5.41) is 35.2. The zero-order valence-corrected chi connectivity index (χ0v) is 15.7. The van der Waals surface area contributed by atoms with E-state index in [4.69, 9.17) is 4.74 Å². The number of aliphatic hydroxyl groups is 3. The molecule has 0 unspecified atom stereocenters. The molecule has 1 aliphatic rings. The van der Waals surface area contributed by atoms with Crippen LogP contribution in [0.1, 0.15) is 11.8 Å². The molecule has 8 nitrogen and oxygen atoms in total. The van der Waals surface area contributed by atoms with Gasteiger partial charge in [-0.25, -0.2) is 14.6 Å². The number of ether oxygens (including phenoxy) is 1. The molecule has 2 aromatic heterocycles. The number of fused-ring (bicyclic) bond motifs is 1. The van der Waals surface area contributed by atoms with Gasteiger partial charge in [0.1, 0.15) is 29.7 Å². The lowest BCUT2D eigenvalue weighted by molar-refractivity contribution is -0.0566. The Morgan fingerprint density at radius 2 is 1.96 bits per heavy atom. The minimum atomic E-state index is -1.21. The van der Waals surface area contributed by atoms with Crippen molar-refractivity contribution in [1.82, 2.24) is 19.7 Å². The quantitative estimate of drug-likeness (QED) is 0.418. The Morgan fingerprint density at radius 1 is 1.14 bits per heavy atom. The fourth-order valence-electron chi connectivity index (χ4n) is 3.10. The number of thioether (sulfide) groups is 1. The zero-order chi connectivity index (χ0) is 19.5. The van der Waals surface area contributed by atoms with Gasteiger partial charge in [-0.3, -0.25) is 0 Å². The van der Waals surface area contributed by atoms with Crippen LogP contribution in [0.3, 0.4) is 0 Å². The van der Waals surface area contributed by atoms with E-state index in [1.54, 1.807) is 18.0 Å². The summed E-state index contributed by atoms with van der Waals surface area (Å²) in [6.45, 7) is -0.391. The van der Waals surface area contributed by atoms with Gasteiger partial charge in [-0.2, -0.15) is 5.10 Å². The summed E-state index contributed by atoms with van der Waals surface area (Å²) in [5.74, 6) is 0.722. The van der Waals surface area contributed by atoms with Crippen molar-refractivity contribution in [3.63, 3.8) is 0 Å². The maximum Gasteiger partial charge on any atom is 0.181 e. The maximum absolute atomic E-state index is 10.2. The average molecular weight is 400 g/mol. The van der Waals surface area contributed by atoms with Crippen LogP contribution < -0.4 is 0 Å².